The van der Waals surface area contributed by atoms with Gasteiger partial charge in [0.1, 0.15) is 11.5 Å². The van der Waals surface area contributed by atoms with Crippen LogP contribution in [0.15, 0.2) is 40.8 Å². The molecule has 110 valence electrons. The van der Waals surface area contributed by atoms with Gasteiger partial charge in [-0.15, -0.1) is 0 Å². The first-order chi connectivity index (χ1) is 10.4. The quantitative estimate of drug-likeness (QED) is 0.910. The largest absolute Gasteiger partial charge is 0.463 e. The summed E-state index contributed by atoms with van der Waals surface area (Å²) >= 11 is 0. The van der Waals surface area contributed by atoms with Gasteiger partial charge in [-0.05, 0) is 49.4 Å². The molecule has 4 rings (SSSR count). The van der Waals surface area contributed by atoms with Gasteiger partial charge in [-0.25, -0.2) is 0 Å². The summed E-state index contributed by atoms with van der Waals surface area (Å²) in [5.41, 5.74) is 2.84. The molecule has 0 amide bonds. The van der Waals surface area contributed by atoms with Crippen molar-refractivity contribution in [2.45, 2.75) is 44.8 Å². The van der Waals surface area contributed by atoms with Crippen molar-refractivity contribution in [2.24, 2.45) is 0 Å². The van der Waals surface area contributed by atoms with Crippen LogP contribution in [-0.2, 0) is 19.5 Å². The second-order valence-electron chi connectivity index (χ2n) is 6.18. The molecule has 2 heterocycles. The Morgan fingerprint density at radius 1 is 1.10 bits per heavy atom. The molecule has 2 aliphatic rings. The molecule has 0 saturated heterocycles. The second kappa shape index (κ2) is 5.57. The van der Waals surface area contributed by atoms with Gasteiger partial charge in [0.2, 0.25) is 0 Å². The summed E-state index contributed by atoms with van der Waals surface area (Å²) in [7, 11) is 0. The molecule has 1 saturated carbocycles. The number of para-hydroxylation sites is 1. The minimum Gasteiger partial charge on any atom is -0.463 e. The summed E-state index contributed by atoms with van der Waals surface area (Å²) in [4.78, 5) is 2.44. The average Bonchev–Trinajstić information content (AvgIpc) is 3.25. The van der Waals surface area contributed by atoms with E-state index in [1.54, 1.807) is 0 Å². The molecule has 1 aliphatic heterocycles. The minimum atomic E-state index is 0.729. The van der Waals surface area contributed by atoms with Crippen LogP contribution in [0.25, 0.3) is 0 Å². The lowest BCUT2D eigenvalue weighted by molar-refractivity contribution is 0.440. The monoisotopic (exact) mass is 282 g/mol. The van der Waals surface area contributed by atoms with Crippen LogP contribution in [0.4, 0.5) is 5.69 Å². The number of nitrogens with zero attached hydrogens (tertiary/aromatic N) is 1. The molecular formula is C18H22N2O. The third-order valence-corrected chi connectivity index (χ3v) is 4.41. The Morgan fingerprint density at radius 3 is 2.86 bits per heavy atom. The highest BCUT2D eigenvalue weighted by Gasteiger charge is 2.21. The number of hydrogen-bond donors (Lipinski definition) is 1. The number of rotatable bonds is 5. The van der Waals surface area contributed by atoms with Crippen molar-refractivity contribution in [1.29, 1.82) is 0 Å². The van der Waals surface area contributed by atoms with E-state index in [-0.39, 0.29) is 0 Å². The van der Waals surface area contributed by atoms with Crippen LogP contribution in [0.2, 0.25) is 0 Å². The van der Waals surface area contributed by atoms with Crippen molar-refractivity contribution in [1.82, 2.24) is 5.32 Å². The topological polar surface area (TPSA) is 28.4 Å². The molecule has 1 N–H and O–H groups in total. The third-order valence-electron chi connectivity index (χ3n) is 4.41. The number of hydrogen-bond acceptors (Lipinski definition) is 3. The summed E-state index contributed by atoms with van der Waals surface area (Å²) in [5.74, 6) is 2.13. The molecule has 0 spiro atoms. The lowest BCUT2D eigenvalue weighted by Gasteiger charge is -2.30. The van der Waals surface area contributed by atoms with Crippen LogP contribution < -0.4 is 10.2 Å². The van der Waals surface area contributed by atoms with Gasteiger partial charge in [0.25, 0.3) is 0 Å². The molecule has 1 aliphatic carbocycles. The van der Waals surface area contributed by atoms with Crippen molar-refractivity contribution >= 4 is 5.69 Å². The summed E-state index contributed by atoms with van der Waals surface area (Å²) in [6, 6.07) is 13.7. The predicted molar refractivity (Wildman–Crippen MR) is 84.4 cm³/mol. The number of furan rings is 1. The summed E-state index contributed by atoms with van der Waals surface area (Å²) in [5, 5.41) is 3.50. The molecule has 0 bridgehead atoms. The van der Waals surface area contributed by atoms with E-state index in [0.717, 1.165) is 37.2 Å². The van der Waals surface area contributed by atoms with E-state index in [2.05, 4.69) is 46.6 Å². The number of nitrogens with one attached hydrogen (secondary N) is 1. The molecule has 21 heavy (non-hydrogen) atoms. The van der Waals surface area contributed by atoms with Crippen LogP contribution in [0.1, 0.15) is 36.3 Å². The van der Waals surface area contributed by atoms with E-state index < -0.39 is 0 Å². The number of anilines is 1. The first-order valence-electron chi connectivity index (χ1n) is 8.02. The zero-order valence-corrected chi connectivity index (χ0v) is 12.3. The van der Waals surface area contributed by atoms with Gasteiger partial charge in [-0.1, -0.05) is 18.2 Å². The Bertz CT molecular complexity index is 615. The van der Waals surface area contributed by atoms with E-state index in [1.807, 2.05) is 0 Å². The third kappa shape index (κ3) is 2.98. The molecule has 0 radical (unpaired) electrons. The zero-order valence-electron chi connectivity index (χ0n) is 12.3. The van der Waals surface area contributed by atoms with Gasteiger partial charge in [0, 0.05) is 18.3 Å². The Balaban J connectivity index is 1.44. The number of benzene rings is 1. The minimum absolute atomic E-state index is 0.729. The Kier molecular flexibility index (Phi) is 3.44. The maximum absolute atomic E-state index is 5.98. The van der Waals surface area contributed by atoms with Gasteiger partial charge in [0.05, 0.1) is 13.1 Å². The van der Waals surface area contributed by atoms with Crippen LogP contribution in [0.3, 0.4) is 0 Å². The van der Waals surface area contributed by atoms with Gasteiger partial charge in [-0.3, -0.25) is 0 Å². The highest BCUT2D eigenvalue weighted by molar-refractivity contribution is 5.55. The summed E-state index contributed by atoms with van der Waals surface area (Å²) in [6.45, 7) is 2.86. The fraction of sp³-hybridized carbons (Fsp3) is 0.444. The van der Waals surface area contributed by atoms with Crippen LogP contribution in [0.5, 0.6) is 0 Å². The van der Waals surface area contributed by atoms with E-state index in [9.17, 15) is 0 Å². The lowest BCUT2D eigenvalue weighted by Crippen LogP contribution is -2.28. The predicted octanol–water partition coefficient (Wildman–Crippen LogP) is 3.48. The fourth-order valence-corrected chi connectivity index (χ4v) is 3.10. The Labute approximate surface area is 126 Å². The fourth-order valence-electron chi connectivity index (χ4n) is 3.10. The normalized spacial score (nSPS) is 17.8. The maximum atomic E-state index is 5.98. The van der Waals surface area contributed by atoms with Crippen molar-refractivity contribution in [3.63, 3.8) is 0 Å². The van der Waals surface area contributed by atoms with Crippen LogP contribution in [0, 0.1) is 0 Å². The first kappa shape index (κ1) is 13.0. The molecular weight excluding hydrogens is 260 g/mol. The number of aryl methyl sites for hydroxylation is 1. The average molecular weight is 282 g/mol. The van der Waals surface area contributed by atoms with Gasteiger partial charge in [0.15, 0.2) is 0 Å². The van der Waals surface area contributed by atoms with Crippen LogP contribution in [-0.4, -0.2) is 12.6 Å². The standard InChI is InChI=1S/C18H22N2O/c1-2-6-18-14(4-1)5-3-11-20(18)13-17-10-9-16(21-17)12-19-15-7-8-15/h1-2,4,6,9-10,15,19H,3,5,7-8,11-13H2. The molecule has 1 fully saturated rings. The van der Waals surface area contributed by atoms with Gasteiger partial charge < -0.3 is 14.6 Å². The number of fused-ring (bicyclic) bond motifs is 1. The van der Waals surface area contributed by atoms with Crippen molar-refractivity contribution in [3.05, 3.63) is 53.5 Å². The highest BCUT2D eigenvalue weighted by atomic mass is 16.3. The maximum Gasteiger partial charge on any atom is 0.123 e. The SMILES string of the molecule is c1ccc2c(c1)CCCN2Cc1ccc(CNC2CC2)o1. The Morgan fingerprint density at radius 2 is 1.95 bits per heavy atom. The van der Waals surface area contributed by atoms with E-state index in [0.29, 0.717) is 0 Å². The molecule has 3 heteroatoms. The Hall–Kier alpha value is -1.74. The molecule has 1 aromatic carbocycles. The van der Waals surface area contributed by atoms with Crippen molar-refractivity contribution in [2.75, 3.05) is 11.4 Å². The van der Waals surface area contributed by atoms with Crippen LogP contribution >= 0.6 is 0 Å². The summed E-state index contributed by atoms with van der Waals surface area (Å²) in [6.07, 6.45) is 5.06. The van der Waals surface area contributed by atoms with Crippen molar-refractivity contribution in [3.8, 4) is 0 Å². The van der Waals surface area contributed by atoms with E-state index >= 15 is 0 Å². The second-order valence-corrected chi connectivity index (χ2v) is 6.18. The first-order valence-corrected chi connectivity index (χ1v) is 8.02. The van der Waals surface area contributed by atoms with Crippen molar-refractivity contribution < 1.29 is 4.42 Å². The highest BCUT2D eigenvalue weighted by Crippen LogP contribution is 2.28. The smallest absolute Gasteiger partial charge is 0.123 e. The molecule has 2 aromatic rings. The molecule has 1 aromatic heterocycles. The van der Waals surface area contributed by atoms with E-state index in [4.69, 9.17) is 4.42 Å². The molecule has 0 atom stereocenters. The van der Waals surface area contributed by atoms with Gasteiger partial charge in [-0.2, -0.15) is 0 Å². The molecule has 0 unspecified atom stereocenters. The molecule has 3 nitrogen and oxygen atoms in total. The lowest BCUT2D eigenvalue weighted by atomic mass is 10.0. The summed E-state index contributed by atoms with van der Waals surface area (Å²) < 4.78 is 5.98. The zero-order chi connectivity index (χ0) is 14.1. The van der Waals surface area contributed by atoms with E-state index in [1.165, 1.54) is 36.9 Å². The van der Waals surface area contributed by atoms with Gasteiger partial charge >= 0.3 is 0 Å².